The number of nitrogens with zero attached hydrogens (tertiary/aromatic N) is 4. The Kier molecular flexibility index (Phi) is 4.51. The minimum Gasteiger partial charge on any atom is -0.497 e. The second-order valence-corrected chi connectivity index (χ2v) is 6.58. The van der Waals surface area contributed by atoms with E-state index in [0.29, 0.717) is 22.7 Å². The lowest BCUT2D eigenvalue weighted by molar-refractivity contribution is 0.152. The molecule has 0 aliphatic carbocycles. The van der Waals surface area contributed by atoms with E-state index in [0.717, 1.165) is 30.6 Å². The fourth-order valence-corrected chi connectivity index (χ4v) is 3.55. The number of fused-ring (bicyclic) bond motifs is 1. The predicted molar refractivity (Wildman–Crippen MR) is 99.7 cm³/mol. The number of hydrogen-bond donors (Lipinski definition) is 0. The number of pyridine rings is 1. The zero-order valence-corrected chi connectivity index (χ0v) is 15.2. The third-order valence-corrected chi connectivity index (χ3v) is 4.85. The minimum atomic E-state index is -2.58. The number of hydrogen-bond acceptors (Lipinski definition) is 4. The molecule has 0 N–H and O–H groups in total. The number of methoxy groups -OCH3 is 1. The van der Waals surface area contributed by atoms with E-state index in [1.807, 2.05) is 17.0 Å². The summed E-state index contributed by atoms with van der Waals surface area (Å²) in [5, 5.41) is 4.12. The Morgan fingerprint density at radius 1 is 1.22 bits per heavy atom. The number of alkyl halides is 2. The Morgan fingerprint density at radius 2 is 2.07 bits per heavy atom. The van der Waals surface area contributed by atoms with Gasteiger partial charge >= 0.3 is 0 Å². The first kappa shape index (κ1) is 17.5. The molecule has 5 nitrogen and oxygen atoms in total. The van der Waals surface area contributed by atoms with Gasteiger partial charge in [-0.2, -0.15) is 5.10 Å². The maximum atomic E-state index is 13.9. The summed E-state index contributed by atoms with van der Waals surface area (Å²) < 4.78 is 34.6. The van der Waals surface area contributed by atoms with E-state index in [9.17, 15) is 8.78 Å². The molecule has 0 saturated heterocycles. The van der Waals surface area contributed by atoms with Crippen LogP contribution in [0.2, 0.25) is 0 Å². The van der Waals surface area contributed by atoms with Crippen LogP contribution in [0.5, 0.6) is 5.75 Å². The molecule has 1 aliphatic heterocycles. The Balaban J connectivity index is 1.84. The van der Waals surface area contributed by atoms with Crippen molar-refractivity contribution in [3.05, 3.63) is 54.0 Å². The smallest absolute Gasteiger partial charge is 0.264 e. The van der Waals surface area contributed by atoms with Crippen LogP contribution in [0.1, 0.15) is 24.0 Å². The first-order valence-corrected chi connectivity index (χ1v) is 8.78. The quantitative estimate of drug-likeness (QED) is 0.678. The Hall–Kier alpha value is -2.96. The molecule has 0 bridgehead atoms. The Morgan fingerprint density at radius 3 is 2.78 bits per heavy atom. The van der Waals surface area contributed by atoms with E-state index in [1.54, 1.807) is 49.6 Å². The van der Waals surface area contributed by atoms with Crippen LogP contribution in [0.15, 0.2) is 42.9 Å². The maximum absolute atomic E-state index is 13.9. The van der Waals surface area contributed by atoms with Crippen molar-refractivity contribution >= 4 is 11.5 Å². The molecule has 1 aliphatic rings. The van der Waals surface area contributed by atoms with Gasteiger partial charge in [0, 0.05) is 48.9 Å². The molecule has 3 aromatic rings. The highest BCUT2D eigenvalue weighted by molar-refractivity contribution is 5.76. The summed E-state index contributed by atoms with van der Waals surface area (Å²) in [6.45, 7) is 0.724. The number of aromatic nitrogens is 3. The van der Waals surface area contributed by atoms with Gasteiger partial charge in [0.05, 0.1) is 13.3 Å². The van der Waals surface area contributed by atoms with Gasteiger partial charge in [-0.05, 0) is 42.2 Å². The topological polar surface area (TPSA) is 43.2 Å². The molecule has 2 aromatic heterocycles. The third kappa shape index (κ3) is 3.25. The highest BCUT2D eigenvalue weighted by atomic mass is 19.3. The van der Waals surface area contributed by atoms with Gasteiger partial charge in [0.2, 0.25) is 0 Å². The monoisotopic (exact) mass is 370 g/mol. The van der Waals surface area contributed by atoms with Gasteiger partial charge < -0.3 is 9.64 Å². The molecule has 0 amide bonds. The zero-order valence-electron chi connectivity index (χ0n) is 15.2. The van der Waals surface area contributed by atoms with Crippen LogP contribution in [-0.4, -0.2) is 28.4 Å². The SMILES string of the molecule is COc1ccnc(N2CCCc3cc(-c4cnn(C)c4)c(C(F)F)cc32)c1. The average Bonchev–Trinajstić information content (AvgIpc) is 3.12. The molecular weight excluding hydrogens is 350 g/mol. The summed E-state index contributed by atoms with van der Waals surface area (Å²) >= 11 is 0. The summed E-state index contributed by atoms with van der Waals surface area (Å²) in [5.41, 5.74) is 3.07. The fourth-order valence-electron chi connectivity index (χ4n) is 3.55. The number of anilines is 2. The molecule has 140 valence electrons. The van der Waals surface area contributed by atoms with E-state index in [-0.39, 0.29) is 5.56 Å². The highest BCUT2D eigenvalue weighted by Crippen LogP contribution is 2.41. The number of benzene rings is 1. The van der Waals surface area contributed by atoms with Crippen LogP contribution < -0.4 is 9.64 Å². The van der Waals surface area contributed by atoms with Crippen molar-refractivity contribution in [3.63, 3.8) is 0 Å². The first-order chi connectivity index (χ1) is 13.1. The van der Waals surface area contributed by atoms with Crippen molar-refractivity contribution in [2.24, 2.45) is 7.05 Å². The molecular formula is C20H20F2N4O. The largest absolute Gasteiger partial charge is 0.497 e. The summed E-state index contributed by atoms with van der Waals surface area (Å²) in [7, 11) is 3.37. The molecule has 0 atom stereocenters. The van der Waals surface area contributed by atoms with Crippen molar-refractivity contribution in [2.75, 3.05) is 18.6 Å². The van der Waals surface area contributed by atoms with Crippen molar-refractivity contribution in [1.82, 2.24) is 14.8 Å². The van der Waals surface area contributed by atoms with Crippen LogP contribution in [-0.2, 0) is 13.5 Å². The molecule has 0 radical (unpaired) electrons. The second-order valence-electron chi connectivity index (χ2n) is 6.58. The van der Waals surface area contributed by atoms with E-state index >= 15 is 0 Å². The third-order valence-electron chi connectivity index (χ3n) is 4.85. The van der Waals surface area contributed by atoms with E-state index in [4.69, 9.17) is 4.74 Å². The fraction of sp³-hybridized carbons (Fsp3) is 0.300. The summed E-state index contributed by atoms with van der Waals surface area (Å²) in [6.07, 6.45) is 4.24. The van der Waals surface area contributed by atoms with Crippen LogP contribution in [0, 0.1) is 0 Å². The first-order valence-electron chi connectivity index (χ1n) is 8.78. The predicted octanol–water partition coefficient (Wildman–Crippen LogP) is 4.51. The lowest BCUT2D eigenvalue weighted by Crippen LogP contribution is -2.25. The number of rotatable bonds is 4. The molecule has 3 heterocycles. The summed E-state index contributed by atoms with van der Waals surface area (Å²) in [6, 6.07) is 7.07. The van der Waals surface area contributed by atoms with E-state index in [1.165, 1.54) is 0 Å². The molecule has 1 aromatic carbocycles. The second kappa shape index (κ2) is 6.98. The van der Waals surface area contributed by atoms with Gasteiger partial charge in [-0.15, -0.1) is 0 Å². The standard InChI is InChI=1S/C20H20F2N4O/c1-25-12-14(11-24-25)16-8-13-4-3-7-26(18(13)10-17(16)20(21)22)19-9-15(27-2)5-6-23-19/h5-6,8-12,20H,3-4,7H2,1-2H3. The molecule has 0 fully saturated rings. The van der Waals surface area contributed by atoms with Crippen LogP contribution in [0.25, 0.3) is 11.1 Å². The normalized spacial score (nSPS) is 13.7. The van der Waals surface area contributed by atoms with E-state index < -0.39 is 6.43 Å². The average molecular weight is 370 g/mol. The number of aryl methyl sites for hydroxylation is 2. The van der Waals surface area contributed by atoms with Gasteiger partial charge in [0.25, 0.3) is 6.43 Å². The van der Waals surface area contributed by atoms with Crippen LogP contribution >= 0.6 is 0 Å². The molecule has 0 spiro atoms. The lowest BCUT2D eigenvalue weighted by atomic mass is 9.93. The Labute approximate surface area is 156 Å². The minimum absolute atomic E-state index is 0.0107. The van der Waals surface area contributed by atoms with Crippen molar-refractivity contribution < 1.29 is 13.5 Å². The van der Waals surface area contributed by atoms with Crippen molar-refractivity contribution in [1.29, 1.82) is 0 Å². The van der Waals surface area contributed by atoms with Gasteiger partial charge in [0.15, 0.2) is 0 Å². The molecule has 0 unspecified atom stereocenters. The van der Waals surface area contributed by atoms with Crippen molar-refractivity contribution in [3.8, 4) is 16.9 Å². The maximum Gasteiger partial charge on any atom is 0.264 e. The number of ether oxygens (including phenoxy) is 1. The van der Waals surface area contributed by atoms with Crippen LogP contribution in [0.4, 0.5) is 20.3 Å². The summed E-state index contributed by atoms with van der Waals surface area (Å²) in [4.78, 5) is 6.40. The van der Waals surface area contributed by atoms with E-state index in [2.05, 4.69) is 10.1 Å². The molecule has 4 rings (SSSR count). The molecule has 0 saturated carbocycles. The molecule has 7 heteroatoms. The lowest BCUT2D eigenvalue weighted by Gasteiger charge is -2.31. The van der Waals surface area contributed by atoms with Gasteiger partial charge in [0.1, 0.15) is 11.6 Å². The van der Waals surface area contributed by atoms with Crippen LogP contribution in [0.3, 0.4) is 0 Å². The Bertz CT molecular complexity index is 970. The zero-order chi connectivity index (χ0) is 19.0. The van der Waals surface area contributed by atoms with Gasteiger partial charge in [-0.3, -0.25) is 4.68 Å². The van der Waals surface area contributed by atoms with Gasteiger partial charge in [-0.1, -0.05) is 0 Å². The number of halogens is 2. The highest BCUT2D eigenvalue weighted by Gasteiger charge is 2.25. The summed E-state index contributed by atoms with van der Waals surface area (Å²) in [5.74, 6) is 1.39. The van der Waals surface area contributed by atoms with Crippen molar-refractivity contribution in [2.45, 2.75) is 19.3 Å². The molecule has 27 heavy (non-hydrogen) atoms. The van der Waals surface area contributed by atoms with Gasteiger partial charge in [-0.25, -0.2) is 13.8 Å².